The van der Waals surface area contributed by atoms with E-state index in [2.05, 4.69) is 10.3 Å². The molecule has 1 N–H and O–H groups in total. The molecule has 1 saturated heterocycles. The number of fused-ring (bicyclic) bond motifs is 2. The predicted octanol–water partition coefficient (Wildman–Crippen LogP) is 2.80. The first kappa shape index (κ1) is 18.8. The van der Waals surface area contributed by atoms with Gasteiger partial charge in [0.1, 0.15) is 11.2 Å². The highest BCUT2D eigenvalue weighted by molar-refractivity contribution is 6.30. The molecule has 2 aliphatic rings. The number of nitrogens with one attached hydrogen (secondary N) is 1. The molecule has 30 heavy (non-hydrogen) atoms. The average molecular weight is 423 g/mol. The number of urea groups is 1. The van der Waals surface area contributed by atoms with Gasteiger partial charge < -0.3 is 5.32 Å². The van der Waals surface area contributed by atoms with E-state index in [1.165, 1.54) is 27.8 Å². The first-order chi connectivity index (χ1) is 14.3. The molecule has 1 fully saturated rings. The van der Waals surface area contributed by atoms with E-state index in [-0.39, 0.29) is 18.0 Å². The molecule has 3 amide bonds. The molecule has 3 heterocycles. The third kappa shape index (κ3) is 2.89. The molecular weight excluding hydrogens is 404 g/mol. The molecule has 0 saturated carbocycles. The van der Waals surface area contributed by atoms with E-state index in [9.17, 15) is 14.4 Å². The first-order valence-corrected chi connectivity index (χ1v) is 10.2. The number of amides is 3. The summed E-state index contributed by atoms with van der Waals surface area (Å²) in [5.41, 5.74) is 2.57. The van der Waals surface area contributed by atoms with E-state index >= 15 is 0 Å². The number of benzene rings is 1. The number of aromatic nitrogens is 2. The van der Waals surface area contributed by atoms with Crippen LogP contribution in [0.1, 0.15) is 35.7 Å². The lowest BCUT2D eigenvalue weighted by molar-refractivity contribution is -0.131. The number of carbonyl (C=O) groups excluding carboxylic acids is 2. The minimum Gasteiger partial charge on any atom is -0.319 e. The summed E-state index contributed by atoms with van der Waals surface area (Å²) in [6, 6.07) is 10.0. The van der Waals surface area contributed by atoms with E-state index in [0.29, 0.717) is 16.4 Å². The Morgan fingerprint density at radius 3 is 2.73 bits per heavy atom. The summed E-state index contributed by atoms with van der Waals surface area (Å²) >= 11 is 5.94. The van der Waals surface area contributed by atoms with Crippen molar-refractivity contribution in [2.24, 2.45) is 0 Å². The van der Waals surface area contributed by atoms with Crippen molar-refractivity contribution in [2.75, 3.05) is 0 Å². The van der Waals surface area contributed by atoms with Crippen LogP contribution in [0.4, 0.5) is 4.79 Å². The fraction of sp³-hybridized carbons (Fsp3) is 0.273. The van der Waals surface area contributed by atoms with Crippen molar-refractivity contribution in [3.63, 3.8) is 0 Å². The maximum atomic E-state index is 13.2. The maximum Gasteiger partial charge on any atom is 0.325 e. The van der Waals surface area contributed by atoms with Gasteiger partial charge in [-0.3, -0.25) is 18.9 Å². The Kier molecular flexibility index (Phi) is 4.18. The van der Waals surface area contributed by atoms with Gasteiger partial charge in [-0.25, -0.2) is 9.78 Å². The van der Waals surface area contributed by atoms with Crippen molar-refractivity contribution in [3.8, 4) is 0 Å². The largest absolute Gasteiger partial charge is 0.325 e. The van der Waals surface area contributed by atoms with Gasteiger partial charge in [-0.2, -0.15) is 0 Å². The zero-order valence-corrected chi connectivity index (χ0v) is 17.1. The van der Waals surface area contributed by atoms with Crippen LogP contribution >= 0.6 is 11.6 Å². The minimum absolute atomic E-state index is 0.0838. The lowest BCUT2D eigenvalue weighted by atomic mass is 9.89. The van der Waals surface area contributed by atoms with Gasteiger partial charge in [0.25, 0.3) is 11.5 Å². The topological polar surface area (TPSA) is 83.8 Å². The van der Waals surface area contributed by atoms with E-state index < -0.39 is 11.6 Å². The van der Waals surface area contributed by atoms with Crippen molar-refractivity contribution >= 4 is 29.2 Å². The Labute approximate surface area is 177 Å². The van der Waals surface area contributed by atoms with Crippen LogP contribution in [0.25, 0.3) is 5.65 Å². The summed E-state index contributed by atoms with van der Waals surface area (Å²) in [5.74, 6) is -0.358. The molecule has 1 aromatic carbocycles. The van der Waals surface area contributed by atoms with E-state index in [4.69, 9.17) is 11.6 Å². The molecule has 1 atom stereocenters. The molecule has 3 aromatic rings. The van der Waals surface area contributed by atoms with E-state index in [1.54, 1.807) is 19.1 Å². The Bertz CT molecular complexity index is 1290. The number of aryl methyl sites for hydroxylation is 2. The number of nitrogens with zero attached hydrogens (tertiary/aromatic N) is 3. The van der Waals surface area contributed by atoms with Crippen LogP contribution in [0.15, 0.2) is 47.4 Å². The molecule has 7 nitrogen and oxygen atoms in total. The second-order valence-corrected chi connectivity index (χ2v) is 8.38. The number of imide groups is 1. The van der Waals surface area contributed by atoms with Crippen molar-refractivity contribution < 1.29 is 9.59 Å². The zero-order chi connectivity index (χ0) is 21.0. The Balaban J connectivity index is 1.47. The standard InChI is InChI=1S/C22H19ClN4O3/c1-22(15-6-5-13-3-2-4-14(13)9-15)20(29)27(21(30)25-22)12-17-10-19(28)26-11-16(23)7-8-18(26)24-17/h5-11H,2-4,12H2,1H3,(H,25,30). The summed E-state index contributed by atoms with van der Waals surface area (Å²) in [6.45, 7) is 1.63. The molecule has 0 bridgehead atoms. The van der Waals surface area contributed by atoms with Crippen LogP contribution in [0, 0.1) is 0 Å². The van der Waals surface area contributed by atoms with Gasteiger partial charge in [-0.05, 0) is 55.0 Å². The molecule has 8 heteroatoms. The number of rotatable bonds is 3. The summed E-state index contributed by atoms with van der Waals surface area (Å²) < 4.78 is 1.33. The highest BCUT2D eigenvalue weighted by Gasteiger charge is 2.49. The van der Waals surface area contributed by atoms with Crippen molar-refractivity contribution in [3.05, 3.63) is 80.4 Å². The maximum absolute atomic E-state index is 13.2. The zero-order valence-electron chi connectivity index (χ0n) is 16.3. The SMILES string of the molecule is CC1(c2ccc3c(c2)CCC3)NC(=O)N(Cc2cc(=O)n3cc(Cl)ccc3n2)C1=O. The third-order valence-corrected chi connectivity index (χ3v) is 6.17. The van der Waals surface area contributed by atoms with Crippen LogP contribution in [0.3, 0.4) is 0 Å². The van der Waals surface area contributed by atoms with Crippen LogP contribution in [0.5, 0.6) is 0 Å². The smallest absolute Gasteiger partial charge is 0.319 e. The van der Waals surface area contributed by atoms with Gasteiger partial charge in [0.2, 0.25) is 0 Å². The van der Waals surface area contributed by atoms with Crippen LogP contribution in [0.2, 0.25) is 5.02 Å². The molecular formula is C22H19ClN4O3. The summed E-state index contributed by atoms with van der Waals surface area (Å²) in [4.78, 5) is 43.8. The minimum atomic E-state index is -1.14. The number of hydrogen-bond acceptors (Lipinski definition) is 4. The molecule has 0 radical (unpaired) electrons. The monoisotopic (exact) mass is 422 g/mol. The van der Waals surface area contributed by atoms with Crippen molar-refractivity contribution in [1.29, 1.82) is 0 Å². The normalized spacial score (nSPS) is 20.7. The number of pyridine rings is 1. The number of hydrogen-bond donors (Lipinski definition) is 1. The van der Waals surface area contributed by atoms with Crippen molar-refractivity contribution in [2.45, 2.75) is 38.3 Å². The fourth-order valence-corrected chi connectivity index (χ4v) is 4.45. The Hall–Kier alpha value is -3.19. The molecule has 0 spiro atoms. The molecule has 1 aliphatic carbocycles. The van der Waals surface area contributed by atoms with Gasteiger partial charge in [0.05, 0.1) is 17.3 Å². The molecule has 1 aliphatic heterocycles. The van der Waals surface area contributed by atoms with Crippen molar-refractivity contribution in [1.82, 2.24) is 19.6 Å². The number of halogens is 1. The Morgan fingerprint density at radius 1 is 1.10 bits per heavy atom. The molecule has 2 aromatic heterocycles. The van der Waals surface area contributed by atoms with Gasteiger partial charge >= 0.3 is 6.03 Å². The average Bonchev–Trinajstić information content (AvgIpc) is 3.27. The second kappa shape index (κ2) is 6.67. The molecule has 1 unspecified atom stereocenters. The van der Waals surface area contributed by atoms with Gasteiger partial charge in [-0.15, -0.1) is 0 Å². The number of carbonyl (C=O) groups is 2. The first-order valence-electron chi connectivity index (χ1n) is 9.79. The van der Waals surface area contributed by atoms with E-state index in [1.807, 2.05) is 18.2 Å². The summed E-state index contributed by atoms with van der Waals surface area (Å²) in [6.07, 6.45) is 4.62. The predicted molar refractivity (Wildman–Crippen MR) is 111 cm³/mol. The fourth-order valence-electron chi connectivity index (χ4n) is 4.29. The lowest BCUT2D eigenvalue weighted by Crippen LogP contribution is -2.41. The quantitative estimate of drug-likeness (QED) is 0.658. The van der Waals surface area contributed by atoms with Crippen LogP contribution in [-0.2, 0) is 29.7 Å². The van der Waals surface area contributed by atoms with Gasteiger partial charge in [-0.1, -0.05) is 29.8 Å². The van der Waals surface area contributed by atoms with Gasteiger partial charge in [0.15, 0.2) is 0 Å². The lowest BCUT2D eigenvalue weighted by Gasteiger charge is -2.23. The van der Waals surface area contributed by atoms with Gasteiger partial charge in [0, 0.05) is 12.3 Å². The van der Waals surface area contributed by atoms with Crippen LogP contribution < -0.4 is 10.9 Å². The highest BCUT2D eigenvalue weighted by atomic mass is 35.5. The second-order valence-electron chi connectivity index (χ2n) is 7.94. The highest BCUT2D eigenvalue weighted by Crippen LogP contribution is 2.33. The molecule has 152 valence electrons. The van der Waals surface area contributed by atoms with Crippen LogP contribution in [-0.4, -0.2) is 26.2 Å². The summed E-state index contributed by atoms with van der Waals surface area (Å²) in [5, 5.41) is 3.24. The molecule has 5 rings (SSSR count). The summed E-state index contributed by atoms with van der Waals surface area (Å²) in [7, 11) is 0. The Morgan fingerprint density at radius 2 is 1.90 bits per heavy atom. The third-order valence-electron chi connectivity index (χ3n) is 5.95. The van der Waals surface area contributed by atoms with E-state index in [0.717, 1.165) is 29.7 Å².